The lowest BCUT2D eigenvalue weighted by Gasteiger charge is -2.16. The van der Waals surface area contributed by atoms with Crippen LogP contribution in [0, 0.1) is 5.92 Å². The molecule has 108 valence electrons. The van der Waals surface area contributed by atoms with Gasteiger partial charge in [-0.1, -0.05) is 6.07 Å². The average Bonchev–Trinajstić information content (AvgIpc) is 3.04. The Kier molecular flexibility index (Phi) is 4.04. The first-order valence-electron chi connectivity index (χ1n) is 7.02. The van der Waals surface area contributed by atoms with E-state index in [0.717, 1.165) is 24.3 Å². The summed E-state index contributed by atoms with van der Waals surface area (Å²) in [7, 11) is 0. The van der Waals surface area contributed by atoms with Gasteiger partial charge in [-0.2, -0.15) is 5.10 Å². The quantitative estimate of drug-likeness (QED) is 0.907. The second-order valence-electron chi connectivity index (χ2n) is 5.09. The van der Waals surface area contributed by atoms with Crippen LogP contribution in [-0.2, 0) is 11.3 Å². The number of pyridine rings is 1. The molecule has 0 saturated carbocycles. The normalized spacial score (nSPS) is 17.7. The summed E-state index contributed by atoms with van der Waals surface area (Å²) in [6, 6.07) is 7.60. The van der Waals surface area contributed by atoms with Crippen LogP contribution >= 0.6 is 0 Å². The minimum atomic E-state index is 0.00341. The van der Waals surface area contributed by atoms with Crippen molar-refractivity contribution in [1.82, 2.24) is 20.5 Å². The summed E-state index contributed by atoms with van der Waals surface area (Å²) in [4.78, 5) is 18.3. The molecule has 0 spiro atoms. The van der Waals surface area contributed by atoms with Crippen molar-refractivity contribution in [1.29, 1.82) is 0 Å². The number of carbonyl (C=O) groups excluding carboxylic acids is 1. The molecule has 0 aliphatic carbocycles. The van der Waals surface area contributed by atoms with Crippen LogP contribution in [0.4, 0.5) is 5.82 Å². The predicted molar refractivity (Wildman–Crippen MR) is 78.4 cm³/mol. The van der Waals surface area contributed by atoms with Gasteiger partial charge in [0.1, 0.15) is 0 Å². The van der Waals surface area contributed by atoms with Gasteiger partial charge in [-0.15, -0.1) is 5.10 Å². The van der Waals surface area contributed by atoms with Gasteiger partial charge >= 0.3 is 0 Å². The molecule has 3 heterocycles. The third-order valence-electron chi connectivity index (χ3n) is 3.63. The first-order valence-corrected chi connectivity index (χ1v) is 7.02. The van der Waals surface area contributed by atoms with Gasteiger partial charge in [0.25, 0.3) is 0 Å². The number of aromatic nitrogens is 3. The molecule has 1 aliphatic heterocycles. The average molecular weight is 283 g/mol. The molecule has 1 fully saturated rings. The molecule has 0 radical (unpaired) electrons. The molecule has 6 nitrogen and oxygen atoms in total. The Bertz CT molecular complexity index is 590. The lowest BCUT2D eigenvalue weighted by atomic mass is 10.1. The summed E-state index contributed by atoms with van der Waals surface area (Å²) in [5, 5.41) is 10.9. The molecule has 0 bridgehead atoms. The number of amides is 1. The number of nitrogens with one attached hydrogen (secondary N) is 1. The van der Waals surface area contributed by atoms with Gasteiger partial charge in [0.15, 0.2) is 5.82 Å². The Morgan fingerprint density at radius 1 is 1.33 bits per heavy atom. The van der Waals surface area contributed by atoms with Gasteiger partial charge in [-0.05, 0) is 30.2 Å². The fourth-order valence-corrected chi connectivity index (χ4v) is 2.48. The van der Waals surface area contributed by atoms with Crippen LogP contribution in [-0.4, -0.2) is 34.2 Å². The molecular formula is C15H17N5O. The third-order valence-corrected chi connectivity index (χ3v) is 3.63. The number of hydrogen-bond acceptors (Lipinski definition) is 5. The Morgan fingerprint density at radius 2 is 2.24 bits per heavy atom. The van der Waals surface area contributed by atoms with E-state index in [1.807, 2.05) is 24.3 Å². The summed E-state index contributed by atoms with van der Waals surface area (Å²) < 4.78 is 0. The minimum Gasteiger partial charge on any atom is -0.354 e. The van der Waals surface area contributed by atoms with Crippen molar-refractivity contribution in [2.45, 2.75) is 13.0 Å². The van der Waals surface area contributed by atoms with Crippen LogP contribution in [0.5, 0.6) is 0 Å². The van der Waals surface area contributed by atoms with Crippen LogP contribution in [0.3, 0.4) is 0 Å². The molecule has 1 amide bonds. The number of rotatable bonds is 4. The van der Waals surface area contributed by atoms with Crippen molar-refractivity contribution in [2.24, 2.45) is 5.92 Å². The maximum atomic E-state index is 12.2. The first kappa shape index (κ1) is 13.5. The molecule has 0 aromatic carbocycles. The van der Waals surface area contributed by atoms with Crippen molar-refractivity contribution in [3.05, 3.63) is 48.4 Å². The molecule has 1 aliphatic rings. The number of carbonyl (C=O) groups is 1. The van der Waals surface area contributed by atoms with E-state index in [0.29, 0.717) is 13.1 Å². The van der Waals surface area contributed by atoms with E-state index in [-0.39, 0.29) is 11.8 Å². The SMILES string of the molecule is O=C(NCc1cccnc1)[C@H]1CCN(c2cccnn2)C1. The van der Waals surface area contributed by atoms with Crippen LogP contribution in [0.25, 0.3) is 0 Å². The van der Waals surface area contributed by atoms with E-state index in [1.54, 1.807) is 18.6 Å². The van der Waals surface area contributed by atoms with Crippen molar-refractivity contribution >= 4 is 11.7 Å². The molecule has 2 aromatic heterocycles. The Labute approximate surface area is 123 Å². The second kappa shape index (κ2) is 6.30. The molecule has 0 unspecified atom stereocenters. The lowest BCUT2D eigenvalue weighted by molar-refractivity contribution is -0.124. The highest BCUT2D eigenvalue weighted by atomic mass is 16.1. The zero-order valence-electron chi connectivity index (χ0n) is 11.6. The molecule has 6 heteroatoms. The summed E-state index contributed by atoms with van der Waals surface area (Å²) in [6.07, 6.45) is 5.98. The number of anilines is 1. The number of nitrogens with zero attached hydrogens (tertiary/aromatic N) is 4. The summed E-state index contributed by atoms with van der Waals surface area (Å²) >= 11 is 0. The number of hydrogen-bond donors (Lipinski definition) is 1. The zero-order valence-corrected chi connectivity index (χ0v) is 11.6. The Hall–Kier alpha value is -2.50. The molecule has 1 atom stereocenters. The lowest BCUT2D eigenvalue weighted by Crippen LogP contribution is -2.32. The maximum Gasteiger partial charge on any atom is 0.225 e. The van der Waals surface area contributed by atoms with E-state index in [2.05, 4.69) is 25.4 Å². The van der Waals surface area contributed by atoms with Crippen LogP contribution in [0.15, 0.2) is 42.9 Å². The van der Waals surface area contributed by atoms with Crippen molar-refractivity contribution in [3.63, 3.8) is 0 Å². The highest BCUT2D eigenvalue weighted by Gasteiger charge is 2.28. The topological polar surface area (TPSA) is 71.0 Å². The van der Waals surface area contributed by atoms with Crippen LogP contribution < -0.4 is 10.2 Å². The maximum absolute atomic E-state index is 12.2. The van der Waals surface area contributed by atoms with Gasteiger partial charge < -0.3 is 10.2 Å². The van der Waals surface area contributed by atoms with Crippen molar-refractivity contribution < 1.29 is 4.79 Å². The zero-order chi connectivity index (χ0) is 14.5. The van der Waals surface area contributed by atoms with Gasteiger partial charge in [-0.3, -0.25) is 9.78 Å². The van der Waals surface area contributed by atoms with E-state index in [9.17, 15) is 4.79 Å². The van der Waals surface area contributed by atoms with Gasteiger partial charge in [0.05, 0.1) is 5.92 Å². The van der Waals surface area contributed by atoms with Crippen molar-refractivity contribution in [3.8, 4) is 0 Å². The fourth-order valence-electron chi connectivity index (χ4n) is 2.48. The highest BCUT2D eigenvalue weighted by Crippen LogP contribution is 2.21. The molecule has 1 saturated heterocycles. The molecule has 1 N–H and O–H groups in total. The molecular weight excluding hydrogens is 266 g/mol. The standard InChI is InChI=1S/C15H17N5O/c21-15(17-10-12-3-1-6-16-9-12)13-5-8-20(11-13)14-4-2-7-18-19-14/h1-4,6-7,9,13H,5,8,10-11H2,(H,17,21)/t13-/m0/s1. The highest BCUT2D eigenvalue weighted by molar-refractivity contribution is 5.80. The van der Waals surface area contributed by atoms with E-state index < -0.39 is 0 Å². The summed E-state index contributed by atoms with van der Waals surface area (Å²) in [5.41, 5.74) is 1.01. The van der Waals surface area contributed by atoms with Crippen molar-refractivity contribution in [2.75, 3.05) is 18.0 Å². The monoisotopic (exact) mass is 283 g/mol. The predicted octanol–water partition coefficient (Wildman–Crippen LogP) is 1.01. The Balaban J connectivity index is 1.53. The molecule has 2 aromatic rings. The van der Waals surface area contributed by atoms with Gasteiger partial charge in [0, 0.05) is 38.2 Å². The van der Waals surface area contributed by atoms with Crippen LogP contribution in [0.2, 0.25) is 0 Å². The first-order chi connectivity index (χ1) is 10.3. The fraction of sp³-hybridized carbons (Fsp3) is 0.333. The largest absolute Gasteiger partial charge is 0.354 e. The van der Waals surface area contributed by atoms with Gasteiger partial charge in [0.2, 0.25) is 5.91 Å². The van der Waals surface area contributed by atoms with Gasteiger partial charge in [-0.25, -0.2) is 0 Å². The smallest absolute Gasteiger partial charge is 0.225 e. The second-order valence-corrected chi connectivity index (χ2v) is 5.09. The van der Waals surface area contributed by atoms with E-state index in [4.69, 9.17) is 0 Å². The summed E-state index contributed by atoms with van der Waals surface area (Å²) in [5.74, 6) is 0.925. The Morgan fingerprint density at radius 3 is 3.00 bits per heavy atom. The van der Waals surface area contributed by atoms with Crippen LogP contribution in [0.1, 0.15) is 12.0 Å². The summed E-state index contributed by atoms with van der Waals surface area (Å²) in [6.45, 7) is 2.05. The van der Waals surface area contributed by atoms with E-state index >= 15 is 0 Å². The van der Waals surface area contributed by atoms with E-state index in [1.165, 1.54) is 0 Å². The third kappa shape index (κ3) is 3.34. The molecule has 21 heavy (non-hydrogen) atoms. The molecule has 3 rings (SSSR count). The minimum absolute atomic E-state index is 0.00341.